The standard InChI is InChI=1S/C18H20BrN3O4/c1-11(13-8-9-17(26-3)14(19)10-13)20-12(2)18(23)21-15-6-4-5-7-16(15)22(24)25/h4-12,20H,1-3H3,(H,21,23). The molecule has 0 bridgehead atoms. The van der Waals surface area contributed by atoms with Crippen LogP contribution in [-0.2, 0) is 4.79 Å². The fourth-order valence-electron chi connectivity index (χ4n) is 2.48. The molecule has 26 heavy (non-hydrogen) atoms. The number of halogens is 1. The third kappa shape index (κ3) is 4.80. The van der Waals surface area contributed by atoms with Gasteiger partial charge in [-0.15, -0.1) is 0 Å². The first-order chi connectivity index (χ1) is 12.3. The van der Waals surface area contributed by atoms with E-state index in [-0.39, 0.29) is 23.3 Å². The number of nitrogens with one attached hydrogen (secondary N) is 2. The molecular weight excluding hydrogens is 402 g/mol. The van der Waals surface area contributed by atoms with Crippen LogP contribution in [0.15, 0.2) is 46.9 Å². The van der Waals surface area contributed by atoms with Crippen molar-refractivity contribution in [1.29, 1.82) is 0 Å². The van der Waals surface area contributed by atoms with E-state index in [0.717, 1.165) is 15.8 Å². The topological polar surface area (TPSA) is 93.5 Å². The molecule has 8 heteroatoms. The van der Waals surface area contributed by atoms with E-state index in [1.54, 1.807) is 26.2 Å². The van der Waals surface area contributed by atoms with Gasteiger partial charge in [0, 0.05) is 12.1 Å². The fraction of sp³-hybridized carbons (Fsp3) is 0.278. The lowest BCUT2D eigenvalue weighted by atomic mass is 10.1. The van der Waals surface area contributed by atoms with Gasteiger partial charge < -0.3 is 10.1 Å². The van der Waals surface area contributed by atoms with Crippen LogP contribution in [0.1, 0.15) is 25.5 Å². The van der Waals surface area contributed by atoms with Gasteiger partial charge in [0.05, 0.1) is 22.5 Å². The largest absolute Gasteiger partial charge is 0.496 e. The number of hydrogen-bond acceptors (Lipinski definition) is 5. The van der Waals surface area contributed by atoms with Crippen LogP contribution < -0.4 is 15.4 Å². The summed E-state index contributed by atoms with van der Waals surface area (Å²) in [4.78, 5) is 22.9. The van der Waals surface area contributed by atoms with E-state index in [2.05, 4.69) is 26.6 Å². The Kier molecular flexibility index (Phi) is 6.70. The third-order valence-corrected chi connectivity index (χ3v) is 4.55. The number of methoxy groups -OCH3 is 1. The quantitative estimate of drug-likeness (QED) is 0.519. The Labute approximate surface area is 160 Å². The summed E-state index contributed by atoms with van der Waals surface area (Å²) in [5, 5.41) is 16.8. The number of nitro groups is 1. The summed E-state index contributed by atoms with van der Waals surface area (Å²) in [5.74, 6) is 0.377. The van der Waals surface area contributed by atoms with E-state index in [1.165, 1.54) is 12.1 Å². The molecule has 0 aliphatic rings. The molecule has 2 N–H and O–H groups in total. The molecule has 0 heterocycles. The van der Waals surface area contributed by atoms with Gasteiger partial charge in [0.2, 0.25) is 5.91 Å². The number of benzene rings is 2. The second kappa shape index (κ2) is 8.77. The highest BCUT2D eigenvalue weighted by molar-refractivity contribution is 9.10. The second-order valence-corrected chi connectivity index (χ2v) is 6.62. The molecule has 0 spiro atoms. The van der Waals surface area contributed by atoms with Crippen LogP contribution in [0.4, 0.5) is 11.4 Å². The number of hydrogen-bond donors (Lipinski definition) is 2. The molecule has 138 valence electrons. The highest BCUT2D eigenvalue weighted by Crippen LogP contribution is 2.28. The predicted octanol–water partition coefficient (Wildman–Crippen LogP) is 4.04. The normalized spacial score (nSPS) is 12.9. The van der Waals surface area contributed by atoms with Crippen LogP contribution in [-0.4, -0.2) is 24.0 Å². The molecule has 0 saturated carbocycles. The Bertz CT molecular complexity index is 813. The Balaban J connectivity index is 2.05. The zero-order chi connectivity index (χ0) is 19.3. The van der Waals surface area contributed by atoms with E-state index in [1.807, 2.05) is 25.1 Å². The molecule has 2 unspecified atom stereocenters. The van der Waals surface area contributed by atoms with Gasteiger partial charge in [0.15, 0.2) is 0 Å². The van der Waals surface area contributed by atoms with E-state index in [0.29, 0.717) is 0 Å². The van der Waals surface area contributed by atoms with Crippen molar-refractivity contribution in [2.75, 3.05) is 12.4 Å². The summed E-state index contributed by atoms with van der Waals surface area (Å²) in [6, 6.07) is 11.1. The molecule has 0 fully saturated rings. The fourth-order valence-corrected chi connectivity index (χ4v) is 3.04. The van der Waals surface area contributed by atoms with Crippen LogP contribution in [0.3, 0.4) is 0 Å². The SMILES string of the molecule is COc1ccc(C(C)NC(C)C(=O)Nc2ccccc2[N+](=O)[O-])cc1Br. The van der Waals surface area contributed by atoms with E-state index < -0.39 is 11.0 Å². The number of nitro benzene ring substituents is 1. The van der Waals surface area contributed by atoms with Gasteiger partial charge in [-0.25, -0.2) is 0 Å². The molecule has 1 amide bonds. The molecule has 2 rings (SSSR count). The van der Waals surface area contributed by atoms with E-state index in [4.69, 9.17) is 4.74 Å². The molecule has 2 aromatic rings. The predicted molar refractivity (Wildman–Crippen MR) is 103 cm³/mol. The third-order valence-electron chi connectivity index (χ3n) is 3.93. The van der Waals surface area contributed by atoms with Crippen LogP contribution in [0.5, 0.6) is 5.75 Å². The number of para-hydroxylation sites is 2. The first-order valence-corrected chi connectivity index (χ1v) is 8.76. The van der Waals surface area contributed by atoms with Crippen LogP contribution >= 0.6 is 15.9 Å². The van der Waals surface area contributed by atoms with Gasteiger partial charge in [0.25, 0.3) is 5.69 Å². The number of carbonyl (C=O) groups excluding carboxylic acids is 1. The average Bonchev–Trinajstić information content (AvgIpc) is 2.61. The monoisotopic (exact) mass is 421 g/mol. The Morgan fingerprint density at radius 2 is 1.92 bits per heavy atom. The van der Waals surface area contributed by atoms with Crippen molar-refractivity contribution < 1.29 is 14.5 Å². The molecule has 0 radical (unpaired) electrons. The number of ether oxygens (including phenoxy) is 1. The van der Waals surface area contributed by atoms with Crippen molar-refractivity contribution >= 4 is 33.2 Å². The minimum Gasteiger partial charge on any atom is -0.496 e. The summed E-state index contributed by atoms with van der Waals surface area (Å²) >= 11 is 3.44. The maximum absolute atomic E-state index is 12.4. The molecule has 2 aromatic carbocycles. The summed E-state index contributed by atoms with van der Waals surface area (Å²) in [7, 11) is 1.59. The zero-order valence-electron chi connectivity index (χ0n) is 14.7. The Hall–Kier alpha value is -2.45. The molecule has 7 nitrogen and oxygen atoms in total. The van der Waals surface area contributed by atoms with Crippen molar-refractivity contribution in [3.63, 3.8) is 0 Å². The summed E-state index contributed by atoms with van der Waals surface area (Å²) in [6.45, 7) is 3.64. The molecular formula is C18H20BrN3O4. The highest BCUT2D eigenvalue weighted by Gasteiger charge is 2.20. The molecule has 0 saturated heterocycles. The van der Waals surface area contributed by atoms with Crippen molar-refractivity contribution in [2.45, 2.75) is 25.9 Å². The lowest BCUT2D eigenvalue weighted by Crippen LogP contribution is -2.39. The zero-order valence-corrected chi connectivity index (χ0v) is 16.2. The smallest absolute Gasteiger partial charge is 0.292 e. The molecule has 2 atom stereocenters. The molecule has 0 aliphatic carbocycles. The second-order valence-electron chi connectivity index (χ2n) is 5.77. The van der Waals surface area contributed by atoms with Gasteiger partial charge in [-0.05, 0) is 53.5 Å². The Morgan fingerprint density at radius 1 is 1.23 bits per heavy atom. The van der Waals surface area contributed by atoms with Crippen molar-refractivity contribution in [3.05, 3.63) is 62.6 Å². The number of anilines is 1. The first-order valence-electron chi connectivity index (χ1n) is 7.97. The lowest BCUT2D eigenvalue weighted by molar-refractivity contribution is -0.383. The number of carbonyl (C=O) groups is 1. The van der Waals surface area contributed by atoms with Crippen LogP contribution in [0.25, 0.3) is 0 Å². The Morgan fingerprint density at radius 3 is 2.54 bits per heavy atom. The highest BCUT2D eigenvalue weighted by atomic mass is 79.9. The summed E-state index contributed by atoms with van der Waals surface area (Å²) < 4.78 is 6.03. The van der Waals surface area contributed by atoms with Gasteiger partial charge in [-0.1, -0.05) is 18.2 Å². The van der Waals surface area contributed by atoms with Crippen molar-refractivity contribution in [1.82, 2.24) is 5.32 Å². The van der Waals surface area contributed by atoms with Crippen LogP contribution in [0.2, 0.25) is 0 Å². The van der Waals surface area contributed by atoms with Gasteiger partial charge in [-0.3, -0.25) is 20.2 Å². The summed E-state index contributed by atoms with van der Waals surface area (Å²) in [6.07, 6.45) is 0. The minimum absolute atomic E-state index is 0.108. The number of nitrogens with zero attached hydrogens (tertiary/aromatic N) is 1. The first kappa shape index (κ1) is 19.9. The molecule has 0 aromatic heterocycles. The van der Waals surface area contributed by atoms with Gasteiger partial charge in [0.1, 0.15) is 11.4 Å². The van der Waals surface area contributed by atoms with Crippen molar-refractivity contribution in [3.8, 4) is 5.75 Å². The van der Waals surface area contributed by atoms with E-state index >= 15 is 0 Å². The van der Waals surface area contributed by atoms with Gasteiger partial charge >= 0.3 is 0 Å². The van der Waals surface area contributed by atoms with E-state index in [9.17, 15) is 14.9 Å². The maximum atomic E-state index is 12.4. The summed E-state index contributed by atoms with van der Waals surface area (Å²) in [5.41, 5.74) is 1.01. The lowest BCUT2D eigenvalue weighted by Gasteiger charge is -2.20. The average molecular weight is 422 g/mol. The number of rotatable bonds is 7. The number of amides is 1. The molecule has 0 aliphatic heterocycles. The maximum Gasteiger partial charge on any atom is 0.292 e. The minimum atomic E-state index is -0.550. The van der Waals surface area contributed by atoms with Crippen LogP contribution in [0, 0.1) is 10.1 Å². The van der Waals surface area contributed by atoms with Gasteiger partial charge in [-0.2, -0.15) is 0 Å². The van der Waals surface area contributed by atoms with Crippen molar-refractivity contribution in [2.24, 2.45) is 0 Å².